The van der Waals surface area contributed by atoms with Crippen molar-refractivity contribution in [3.05, 3.63) is 48.4 Å². The highest BCUT2D eigenvalue weighted by molar-refractivity contribution is 5.99. The molecule has 5 heteroatoms. The van der Waals surface area contributed by atoms with Crippen LogP contribution in [0.15, 0.2) is 42.9 Å². The van der Waals surface area contributed by atoms with Gasteiger partial charge in [0.15, 0.2) is 0 Å². The van der Waals surface area contributed by atoms with Gasteiger partial charge in [0.05, 0.1) is 24.0 Å². The van der Waals surface area contributed by atoms with Crippen molar-refractivity contribution < 1.29 is 9.53 Å². The fourth-order valence-electron chi connectivity index (χ4n) is 2.84. The SMILES string of the molecule is CC(C)(C)[C@H]1CN(C(=O)c2cncnc2-c2ccccc2)CCO1. The molecule has 3 rings (SSSR count). The summed E-state index contributed by atoms with van der Waals surface area (Å²) in [6.07, 6.45) is 3.12. The van der Waals surface area contributed by atoms with Gasteiger partial charge >= 0.3 is 0 Å². The number of carbonyl (C=O) groups excluding carboxylic acids is 1. The standard InChI is InChI=1S/C19H23N3O2/c1-19(2,3)16-12-22(9-10-24-16)18(23)15-11-20-13-21-17(15)14-7-5-4-6-8-14/h4-8,11,13,16H,9-10,12H2,1-3H3/t16-/m1/s1. The molecule has 1 saturated heterocycles. The smallest absolute Gasteiger partial charge is 0.257 e. The Labute approximate surface area is 142 Å². The molecule has 1 atom stereocenters. The van der Waals surface area contributed by atoms with Crippen LogP contribution in [0.4, 0.5) is 0 Å². The van der Waals surface area contributed by atoms with Gasteiger partial charge in [0.2, 0.25) is 0 Å². The van der Waals surface area contributed by atoms with E-state index in [9.17, 15) is 4.79 Å². The summed E-state index contributed by atoms with van der Waals surface area (Å²) in [6, 6.07) is 9.74. The number of carbonyl (C=O) groups is 1. The van der Waals surface area contributed by atoms with Crippen LogP contribution in [0.2, 0.25) is 0 Å². The van der Waals surface area contributed by atoms with E-state index in [0.29, 0.717) is 31.0 Å². The van der Waals surface area contributed by atoms with Gasteiger partial charge in [-0.05, 0) is 5.41 Å². The van der Waals surface area contributed by atoms with Crippen LogP contribution < -0.4 is 0 Å². The van der Waals surface area contributed by atoms with Crippen LogP contribution in [0.3, 0.4) is 0 Å². The number of aromatic nitrogens is 2. The Kier molecular flexibility index (Phi) is 4.62. The second-order valence-corrected chi connectivity index (χ2v) is 7.13. The largest absolute Gasteiger partial charge is 0.374 e. The summed E-state index contributed by atoms with van der Waals surface area (Å²) in [7, 11) is 0. The first-order chi connectivity index (χ1) is 11.5. The van der Waals surface area contributed by atoms with Crippen molar-refractivity contribution in [2.24, 2.45) is 5.41 Å². The fourth-order valence-corrected chi connectivity index (χ4v) is 2.84. The normalized spacial score (nSPS) is 18.5. The van der Waals surface area contributed by atoms with Gasteiger partial charge in [0.1, 0.15) is 6.33 Å². The van der Waals surface area contributed by atoms with Crippen LogP contribution in [0.5, 0.6) is 0 Å². The van der Waals surface area contributed by atoms with Crippen LogP contribution in [0.25, 0.3) is 11.3 Å². The van der Waals surface area contributed by atoms with Crippen molar-refractivity contribution in [1.82, 2.24) is 14.9 Å². The zero-order valence-corrected chi connectivity index (χ0v) is 14.4. The Hall–Kier alpha value is -2.27. The molecule has 0 bridgehead atoms. The molecular weight excluding hydrogens is 302 g/mol. The van der Waals surface area contributed by atoms with Gasteiger partial charge < -0.3 is 9.64 Å². The molecule has 0 unspecified atom stereocenters. The second-order valence-electron chi connectivity index (χ2n) is 7.13. The summed E-state index contributed by atoms with van der Waals surface area (Å²) in [4.78, 5) is 23.3. The van der Waals surface area contributed by atoms with Crippen molar-refractivity contribution in [2.75, 3.05) is 19.7 Å². The minimum Gasteiger partial charge on any atom is -0.374 e. The summed E-state index contributed by atoms with van der Waals surface area (Å²) in [5, 5.41) is 0. The van der Waals surface area contributed by atoms with Crippen molar-refractivity contribution in [2.45, 2.75) is 26.9 Å². The Morgan fingerprint density at radius 2 is 2.00 bits per heavy atom. The fraction of sp³-hybridized carbons (Fsp3) is 0.421. The van der Waals surface area contributed by atoms with Gasteiger partial charge in [-0.3, -0.25) is 4.79 Å². The summed E-state index contributed by atoms with van der Waals surface area (Å²) < 4.78 is 5.85. The van der Waals surface area contributed by atoms with Crippen LogP contribution >= 0.6 is 0 Å². The van der Waals surface area contributed by atoms with Crippen molar-refractivity contribution in [3.8, 4) is 11.3 Å². The lowest BCUT2D eigenvalue weighted by Crippen LogP contribution is -2.50. The highest BCUT2D eigenvalue weighted by Crippen LogP contribution is 2.27. The van der Waals surface area contributed by atoms with Gasteiger partial charge in [-0.1, -0.05) is 51.1 Å². The van der Waals surface area contributed by atoms with Gasteiger partial charge in [-0.15, -0.1) is 0 Å². The zero-order valence-electron chi connectivity index (χ0n) is 14.4. The van der Waals surface area contributed by atoms with Gasteiger partial charge in [-0.25, -0.2) is 9.97 Å². The minimum atomic E-state index is -0.0352. The Bertz CT molecular complexity index is 710. The summed E-state index contributed by atoms with van der Waals surface area (Å²) in [6.45, 7) is 8.13. The topological polar surface area (TPSA) is 55.3 Å². The lowest BCUT2D eigenvalue weighted by atomic mass is 9.88. The number of benzene rings is 1. The Morgan fingerprint density at radius 3 is 2.71 bits per heavy atom. The molecule has 1 aromatic carbocycles. The third kappa shape index (κ3) is 3.46. The summed E-state index contributed by atoms with van der Waals surface area (Å²) in [5.41, 5.74) is 2.13. The Morgan fingerprint density at radius 1 is 1.25 bits per heavy atom. The number of nitrogens with zero attached hydrogens (tertiary/aromatic N) is 3. The van der Waals surface area contributed by atoms with Gasteiger partial charge in [-0.2, -0.15) is 0 Å². The second kappa shape index (κ2) is 6.69. The molecule has 2 heterocycles. The molecule has 1 aliphatic rings. The quantitative estimate of drug-likeness (QED) is 0.851. The molecule has 0 saturated carbocycles. The van der Waals surface area contributed by atoms with Crippen LogP contribution in [-0.2, 0) is 4.74 Å². The predicted molar refractivity (Wildman–Crippen MR) is 92.6 cm³/mol. The number of hydrogen-bond donors (Lipinski definition) is 0. The van der Waals surface area contributed by atoms with Gasteiger partial charge in [0, 0.05) is 24.8 Å². The first kappa shape index (κ1) is 16.6. The first-order valence-corrected chi connectivity index (χ1v) is 8.23. The summed E-state index contributed by atoms with van der Waals surface area (Å²) >= 11 is 0. The van der Waals surface area contributed by atoms with E-state index in [2.05, 4.69) is 30.7 Å². The molecule has 0 radical (unpaired) electrons. The highest BCUT2D eigenvalue weighted by atomic mass is 16.5. The zero-order chi connectivity index (χ0) is 17.2. The maximum Gasteiger partial charge on any atom is 0.257 e. The lowest BCUT2D eigenvalue weighted by Gasteiger charge is -2.39. The lowest BCUT2D eigenvalue weighted by molar-refractivity contribution is -0.0706. The van der Waals surface area contributed by atoms with E-state index in [4.69, 9.17) is 4.74 Å². The molecule has 0 N–H and O–H groups in total. The molecule has 2 aromatic rings. The molecular formula is C19H23N3O2. The molecule has 24 heavy (non-hydrogen) atoms. The average Bonchev–Trinajstić information content (AvgIpc) is 2.61. The van der Waals surface area contributed by atoms with Gasteiger partial charge in [0.25, 0.3) is 5.91 Å². The molecule has 1 aliphatic heterocycles. The van der Waals surface area contributed by atoms with E-state index < -0.39 is 0 Å². The molecule has 0 aliphatic carbocycles. The number of amides is 1. The van der Waals surface area contributed by atoms with Crippen LogP contribution in [0.1, 0.15) is 31.1 Å². The van der Waals surface area contributed by atoms with E-state index in [0.717, 1.165) is 5.56 Å². The maximum absolute atomic E-state index is 13.1. The minimum absolute atomic E-state index is 0.00556. The number of hydrogen-bond acceptors (Lipinski definition) is 4. The number of morpholine rings is 1. The van der Waals surface area contributed by atoms with E-state index in [1.165, 1.54) is 6.33 Å². The molecule has 1 amide bonds. The molecule has 5 nitrogen and oxygen atoms in total. The monoisotopic (exact) mass is 325 g/mol. The molecule has 0 spiro atoms. The number of ether oxygens (including phenoxy) is 1. The van der Waals surface area contributed by atoms with Crippen molar-refractivity contribution in [3.63, 3.8) is 0 Å². The van der Waals surface area contributed by atoms with Crippen LogP contribution in [0, 0.1) is 5.41 Å². The third-order valence-electron chi connectivity index (χ3n) is 4.31. The Balaban J connectivity index is 1.88. The van der Waals surface area contributed by atoms with E-state index in [1.807, 2.05) is 35.2 Å². The summed E-state index contributed by atoms with van der Waals surface area (Å²) in [5.74, 6) is -0.0352. The van der Waals surface area contributed by atoms with E-state index in [1.54, 1.807) is 6.20 Å². The maximum atomic E-state index is 13.1. The van der Waals surface area contributed by atoms with Crippen molar-refractivity contribution in [1.29, 1.82) is 0 Å². The third-order valence-corrected chi connectivity index (χ3v) is 4.31. The molecule has 126 valence electrons. The van der Waals surface area contributed by atoms with Crippen molar-refractivity contribution >= 4 is 5.91 Å². The van der Waals surface area contributed by atoms with Crippen LogP contribution in [-0.4, -0.2) is 46.6 Å². The highest BCUT2D eigenvalue weighted by Gasteiger charge is 2.33. The predicted octanol–water partition coefficient (Wildman–Crippen LogP) is 3.03. The molecule has 1 fully saturated rings. The van der Waals surface area contributed by atoms with E-state index >= 15 is 0 Å². The number of rotatable bonds is 2. The first-order valence-electron chi connectivity index (χ1n) is 8.23. The molecule has 1 aromatic heterocycles. The average molecular weight is 325 g/mol. The van der Waals surface area contributed by atoms with E-state index in [-0.39, 0.29) is 17.4 Å².